The van der Waals surface area contributed by atoms with E-state index in [2.05, 4.69) is 27.2 Å². The molecule has 3 amide bonds. The molecule has 0 bridgehead atoms. The van der Waals surface area contributed by atoms with E-state index in [1.165, 1.54) is 12.4 Å². The van der Waals surface area contributed by atoms with Crippen LogP contribution in [0.4, 0.5) is 5.82 Å². The first-order valence-corrected chi connectivity index (χ1v) is 19.5. The van der Waals surface area contributed by atoms with Gasteiger partial charge < -0.3 is 31.3 Å². The number of nitrogens with two attached hydrogens (primary N) is 1. The standard InChI is InChI=1S/C29H31N7O2.C16H18BNO3/c1-4-24(37)35-11-5-6-23(16-35)36-28-25(27(30)32-17-33-28)26(34-36)21-9-7-20(8-10-21)15-31-29(38)22-13-18(2)12-19(3)14-22;1-11-7-12(2)9-14(8-11)16(19)18-10-13-3-5-15(6-4-13)17(20)21/h4,7-10,12-14,17,23H,1,5-6,11,15-16H2,2-3H3,(H,31,38)(H2,30,32,33);3-9,20-21H,10H2,1-2H3,(H,18,19)/t23-;/m1./s1. The number of carbonyl (C=O) groups excluding carboxylic acids is 3. The lowest BCUT2D eigenvalue weighted by Gasteiger charge is -2.32. The smallest absolute Gasteiger partial charge is 0.423 e. The molecular formula is C45H49BN8O5. The van der Waals surface area contributed by atoms with Gasteiger partial charge in [0.15, 0.2) is 5.65 Å². The fourth-order valence-corrected chi connectivity index (χ4v) is 7.30. The van der Waals surface area contributed by atoms with Crippen LogP contribution in [0.25, 0.3) is 22.3 Å². The van der Waals surface area contributed by atoms with Crippen LogP contribution in [0.15, 0.2) is 104 Å². The largest absolute Gasteiger partial charge is 0.488 e. The molecule has 59 heavy (non-hydrogen) atoms. The molecule has 302 valence electrons. The molecule has 0 radical (unpaired) electrons. The van der Waals surface area contributed by atoms with Crippen molar-refractivity contribution in [3.05, 3.63) is 148 Å². The molecule has 1 aliphatic rings. The molecule has 1 aliphatic heterocycles. The molecule has 2 aromatic heterocycles. The number of benzene rings is 4. The summed E-state index contributed by atoms with van der Waals surface area (Å²) in [5, 5.41) is 29.5. The zero-order valence-electron chi connectivity index (χ0n) is 33.8. The van der Waals surface area contributed by atoms with E-state index in [0.717, 1.165) is 51.8 Å². The number of aryl methyl sites for hydroxylation is 4. The highest BCUT2D eigenvalue weighted by molar-refractivity contribution is 6.58. The molecule has 1 atom stereocenters. The van der Waals surface area contributed by atoms with Gasteiger partial charge >= 0.3 is 7.12 Å². The van der Waals surface area contributed by atoms with Gasteiger partial charge in [-0.1, -0.05) is 89.5 Å². The second-order valence-electron chi connectivity index (χ2n) is 15.0. The highest BCUT2D eigenvalue weighted by Crippen LogP contribution is 2.34. The Hall–Kier alpha value is -6.64. The van der Waals surface area contributed by atoms with Crippen molar-refractivity contribution in [2.75, 3.05) is 18.8 Å². The zero-order valence-corrected chi connectivity index (χ0v) is 33.8. The summed E-state index contributed by atoms with van der Waals surface area (Å²) in [6.07, 6.45) is 4.53. The Bertz CT molecular complexity index is 2440. The van der Waals surface area contributed by atoms with Crippen molar-refractivity contribution in [2.45, 2.75) is 59.7 Å². The van der Waals surface area contributed by atoms with Gasteiger partial charge in [-0.05, 0) is 87.5 Å². The lowest BCUT2D eigenvalue weighted by molar-refractivity contribution is -0.127. The minimum absolute atomic E-state index is 0.0297. The molecule has 0 unspecified atom stereocenters. The summed E-state index contributed by atoms with van der Waals surface area (Å²) in [4.78, 5) is 47.5. The van der Waals surface area contributed by atoms with Gasteiger partial charge in [-0.3, -0.25) is 14.4 Å². The number of hydrogen-bond acceptors (Lipinski definition) is 9. The van der Waals surface area contributed by atoms with Gasteiger partial charge in [-0.15, -0.1) is 0 Å². The SMILES string of the molecule is C=CC(=O)N1CCC[C@@H](n2nc(-c3ccc(CNC(=O)c4cc(C)cc(C)c4)cc3)c3c(N)ncnc32)C1.Cc1cc(C)cc(C(=O)NCc2ccc(B(O)O)cc2)c1. The van der Waals surface area contributed by atoms with Gasteiger partial charge in [0.25, 0.3) is 11.8 Å². The number of rotatable bonds is 10. The number of fused-ring (bicyclic) bond motifs is 1. The normalized spacial score (nSPS) is 13.6. The number of nitrogen functional groups attached to an aromatic ring is 1. The van der Waals surface area contributed by atoms with Crippen molar-refractivity contribution in [3.8, 4) is 11.3 Å². The maximum atomic E-state index is 12.7. The first-order chi connectivity index (χ1) is 28.3. The predicted molar refractivity (Wildman–Crippen MR) is 231 cm³/mol. The van der Waals surface area contributed by atoms with E-state index >= 15 is 0 Å². The number of hydrogen-bond donors (Lipinski definition) is 5. The van der Waals surface area contributed by atoms with Crippen molar-refractivity contribution >= 4 is 47.2 Å². The summed E-state index contributed by atoms with van der Waals surface area (Å²) in [5.74, 6) is 0.0525. The summed E-state index contributed by atoms with van der Waals surface area (Å²) >= 11 is 0. The number of anilines is 1. The molecule has 7 rings (SSSR count). The van der Waals surface area contributed by atoms with Crippen LogP contribution in [-0.4, -0.2) is 72.6 Å². The van der Waals surface area contributed by atoms with E-state index in [1.54, 1.807) is 29.2 Å². The fraction of sp³-hybridized carbons (Fsp3) is 0.244. The molecule has 1 saturated heterocycles. The van der Waals surface area contributed by atoms with Crippen LogP contribution in [0.2, 0.25) is 0 Å². The van der Waals surface area contributed by atoms with Crippen LogP contribution >= 0.6 is 0 Å². The third kappa shape index (κ3) is 10.5. The van der Waals surface area contributed by atoms with Gasteiger partial charge in [0, 0.05) is 42.9 Å². The van der Waals surface area contributed by atoms with Crippen molar-refractivity contribution in [1.29, 1.82) is 0 Å². The summed E-state index contributed by atoms with van der Waals surface area (Å²) < 4.78 is 1.88. The van der Waals surface area contributed by atoms with Crippen molar-refractivity contribution in [3.63, 3.8) is 0 Å². The van der Waals surface area contributed by atoms with Crippen molar-refractivity contribution < 1.29 is 24.4 Å². The molecule has 13 nitrogen and oxygen atoms in total. The quantitative estimate of drug-likeness (QED) is 0.0952. The van der Waals surface area contributed by atoms with E-state index in [-0.39, 0.29) is 23.8 Å². The summed E-state index contributed by atoms with van der Waals surface area (Å²) in [6.45, 7) is 13.5. The molecule has 0 saturated carbocycles. The highest BCUT2D eigenvalue weighted by Gasteiger charge is 2.28. The lowest BCUT2D eigenvalue weighted by Crippen LogP contribution is -2.40. The second kappa shape index (κ2) is 18.7. The number of aromatic nitrogens is 4. The number of carbonyl (C=O) groups is 3. The second-order valence-corrected chi connectivity index (χ2v) is 15.0. The third-order valence-electron chi connectivity index (χ3n) is 10.1. The van der Waals surface area contributed by atoms with Crippen LogP contribution in [0.5, 0.6) is 0 Å². The minimum atomic E-state index is -1.47. The van der Waals surface area contributed by atoms with Gasteiger partial charge in [0.2, 0.25) is 5.91 Å². The van der Waals surface area contributed by atoms with Crippen LogP contribution in [-0.2, 0) is 17.9 Å². The minimum Gasteiger partial charge on any atom is -0.423 e. The van der Waals surface area contributed by atoms with E-state index < -0.39 is 7.12 Å². The monoisotopic (exact) mass is 792 g/mol. The molecule has 6 aromatic rings. The average molecular weight is 793 g/mol. The molecule has 0 aliphatic carbocycles. The first kappa shape index (κ1) is 42.0. The summed E-state index contributed by atoms with van der Waals surface area (Å²) in [7, 11) is -1.47. The van der Waals surface area contributed by atoms with E-state index in [0.29, 0.717) is 65.3 Å². The fourth-order valence-electron chi connectivity index (χ4n) is 7.30. The predicted octanol–water partition coefficient (Wildman–Crippen LogP) is 4.89. The van der Waals surface area contributed by atoms with E-state index in [4.69, 9.17) is 20.9 Å². The number of nitrogens with one attached hydrogen (secondary N) is 2. The van der Waals surface area contributed by atoms with Crippen LogP contribution in [0.3, 0.4) is 0 Å². The Morgan fingerprint density at radius 1 is 0.814 bits per heavy atom. The molecule has 3 heterocycles. The topological polar surface area (TPSA) is 189 Å². The lowest BCUT2D eigenvalue weighted by atomic mass is 9.80. The Labute approximate surface area is 344 Å². The van der Waals surface area contributed by atoms with Crippen molar-refractivity contribution in [2.24, 2.45) is 0 Å². The van der Waals surface area contributed by atoms with E-state index in [1.807, 2.05) is 93.0 Å². The number of likely N-dealkylation sites (tertiary alicyclic amines) is 1. The third-order valence-corrected chi connectivity index (χ3v) is 10.1. The Balaban J connectivity index is 0.000000236. The number of nitrogens with zero attached hydrogens (tertiary/aromatic N) is 5. The molecular weight excluding hydrogens is 743 g/mol. The maximum Gasteiger partial charge on any atom is 0.488 e. The molecule has 4 aromatic carbocycles. The average Bonchev–Trinajstić information content (AvgIpc) is 3.62. The molecule has 14 heteroatoms. The Morgan fingerprint density at radius 2 is 1.34 bits per heavy atom. The maximum absolute atomic E-state index is 12.7. The zero-order chi connectivity index (χ0) is 42.2. The first-order valence-electron chi connectivity index (χ1n) is 19.5. The van der Waals surface area contributed by atoms with Crippen LogP contribution < -0.4 is 21.8 Å². The molecule has 1 fully saturated rings. The number of amides is 3. The van der Waals surface area contributed by atoms with Crippen LogP contribution in [0, 0.1) is 27.7 Å². The van der Waals surface area contributed by atoms with Gasteiger partial charge in [-0.25, -0.2) is 14.6 Å². The molecule has 0 spiro atoms. The Kier molecular flexibility index (Phi) is 13.3. The Morgan fingerprint density at radius 3 is 1.85 bits per heavy atom. The van der Waals surface area contributed by atoms with Crippen LogP contribution in [0.1, 0.15) is 73.0 Å². The number of piperidine rings is 1. The summed E-state index contributed by atoms with van der Waals surface area (Å²) in [5.41, 5.74) is 16.3. The highest BCUT2D eigenvalue weighted by atomic mass is 16.4. The van der Waals surface area contributed by atoms with Gasteiger partial charge in [0.1, 0.15) is 17.8 Å². The van der Waals surface area contributed by atoms with Gasteiger partial charge in [-0.2, -0.15) is 5.10 Å². The van der Waals surface area contributed by atoms with Gasteiger partial charge in [0.05, 0.1) is 11.4 Å². The van der Waals surface area contributed by atoms with E-state index in [9.17, 15) is 14.4 Å². The van der Waals surface area contributed by atoms with Crippen molar-refractivity contribution in [1.82, 2.24) is 35.3 Å². The molecule has 6 N–H and O–H groups in total. The summed E-state index contributed by atoms with van der Waals surface area (Å²) in [6, 6.07) is 26.2.